The van der Waals surface area contributed by atoms with Crippen molar-refractivity contribution in [3.05, 3.63) is 18.2 Å². The zero-order valence-electron chi connectivity index (χ0n) is 15.4. The number of aryl methyl sites for hydroxylation is 1. The summed E-state index contributed by atoms with van der Waals surface area (Å²) in [5, 5.41) is 3.20. The largest absolute Gasteiger partial charge is 0.353 e. The Bertz CT molecular complexity index is 588. The van der Waals surface area contributed by atoms with Gasteiger partial charge in [-0.25, -0.2) is 4.98 Å². The van der Waals surface area contributed by atoms with E-state index >= 15 is 0 Å². The summed E-state index contributed by atoms with van der Waals surface area (Å²) in [6, 6.07) is 1.13. The van der Waals surface area contributed by atoms with E-state index in [4.69, 9.17) is 0 Å². The molecule has 6 heteroatoms. The van der Waals surface area contributed by atoms with Gasteiger partial charge in [-0.05, 0) is 45.1 Å². The molecule has 2 saturated heterocycles. The monoisotopic (exact) mass is 345 g/mol. The molecule has 3 heterocycles. The van der Waals surface area contributed by atoms with E-state index in [0.29, 0.717) is 18.0 Å². The Labute approximate surface area is 150 Å². The number of hydrogen-bond donors (Lipinski definition) is 1. The molecule has 1 atom stereocenters. The standard InChI is InChI=1S/C19H31N5O/c1-22-12-8-20-18(22)14-23-10-6-17(7-11-23)24-9-2-3-15(13-24)19(25)21-16-4-5-16/h8,12,15-17H,2-7,9-11,13-14H2,1H3,(H,21,25)/t15-/m0/s1. The van der Waals surface area contributed by atoms with Crippen LogP contribution in [0.25, 0.3) is 0 Å². The summed E-state index contributed by atoms with van der Waals surface area (Å²) in [6.45, 7) is 5.34. The number of nitrogens with zero attached hydrogens (tertiary/aromatic N) is 4. The van der Waals surface area contributed by atoms with Crippen molar-refractivity contribution in [1.29, 1.82) is 0 Å². The lowest BCUT2D eigenvalue weighted by molar-refractivity contribution is -0.127. The molecule has 1 aromatic heterocycles. The zero-order valence-corrected chi connectivity index (χ0v) is 15.4. The molecular formula is C19H31N5O. The Morgan fingerprint density at radius 3 is 2.68 bits per heavy atom. The fourth-order valence-electron chi connectivity index (χ4n) is 4.29. The van der Waals surface area contributed by atoms with Crippen LogP contribution < -0.4 is 5.32 Å². The third-order valence-corrected chi connectivity index (χ3v) is 6.11. The Hall–Kier alpha value is -1.40. The number of hydrogen-bond acceptors (Lipinski definition) is 4. The van der Waals surface area contributed by atoms with Crippen LogP contribution in [0.3, 0.4) is 0 Å². The fourth-order valence-corrected chi connectivity index (χ4v) is 4.29. The van der Waals surface area contributed by atoms with Crippen LogP contribution in [0.4, 0.5) is 0 Å². The maximum absolute atomic E-state index is 12.4. The molecule has 0 bridgehead atoms. The van der Waals surface area contributed by atoms with Crippen LogP contribution in [0.2, 0.25) is 0 Å². The maximum Gasteiger partial charge on any atom is 0.224 e. The normalized spacial score (nSPS) is 26.7. The van der Waals surface area contributed by atoms with Crippen LogP contribution in [-0.4, -0.2) is 63.5 Å². The third kappa shape index (κ3) is 4.23. The third-order valence-electron chi connectivity index (χ3n) is 6.11. The molecule has 4 rings (SSSR count). The molecule has 0 radical (unpaired) electrons. The summed E-state index contributed by atoms with van der Waals surface area (Å²) in [6.07, 6.45) is 10.9. The molecule has 0 aromatic carbocycles. The number of nitrogens with one attached hydrogen (secondary N) is 1. The number of imidazole rings is 1. The minimum atomic E-state index is 0.208. The molecule has 1 N–H and O–H groups in total. The van der Waals surface area contributed by atoms with Crippen LogP contribution in [0, 0.1) is 5.92 Å². The predicted octanol–water partition coefficient (Wildman–Crippen LogP) is 1.38. The second-order valence-electron chi connectivity index (χ2n) is 8.08. The van der Waals surface area contributed by atoms with E-state index in [1.54, 1.807) is 0 Å². The van der Waals surface area contributed by atoms with E-state index in [-0.39, 0.29) is 5.92 Å². The fraction of sp³-hybridized carbons (Fsp3) is 0.789. The Morgan fingerprint density at radius 2 is 2.00 bits per heavy atom. The molecule has 1 aliphatic carbocycles. The molecule has 1 saturated carbocycles. The van der Waals surface area contributed by atoms with Gasteiger partial charge in [-0.1, -0.05) is 0 Å². The maximum atomic E-state index is 12.4. The molecule has 3 aliphatic rings. The quantitative estimate of drug-likeness (QED) is 0.876. The summed E-state index contributed by atoms with van der Waals surface area (Å²) < 4.78 is 2.11. The SMILES string of the molecule is Cn1ccnc1CN1CCC(N2CCC[C@H](C(=O)NC3CC3)C2)CC1. The van der Waals surface area contributed by atoms with Gasteiger partial charge in [0.05, 0.1) is 12.5 Å². The van der Waals surface area contributed by atoms with Crippen molar-refractivity contribution < 1.29 is 4.79 Å². The lowest BCUT2D eigenvalue weighted by atomic mass is 9.93. The summed E-state index contributed by atoms with van der Waals surface area (Å²) in [5.74, 6) is 1.66. The van der Waals surface area contributed by atoms with Crippen LogP contribution in [0.5, 0.6) is 0 Å². The predicted molar refractivity (Wildman–Crippen MR) is 97.0 cm³/mol. The summed E-state index contributed by atoms with van der Waals surface area (Å²) in [5.41, 5.74) is 0. The highest BCUT2D eigenvalue weighted by atomic mass is 16.2. The highest BCUT2D eigenvalue weighted by Crippen LogP contribution is 2.26. The second-order valence-corrected chi connectivity index (χ2v) is 8.08. The number of rotatable bonds is 5. The van der Waals surface area contributed by atoms with Gasteiger partial charge in [-0.2, -0.15) is 0 Å². The molecule has 6 nitrogen and oxygen atoms in total. The van der Waals surface area contributed by atoms with Crippen molar-refractivity contribution in [3.8, 4) is 0 Å². The van der Waals surface area contributed by atoms with E-state index < -0.39 is 0 Å². The van der Waals surface area contributed by atoms with Crippen molar-refractivity contribution in [2.24, 2.45) is 13.0 Å². The topological polar surface area (TPSA) is 53.4 Å². The van der Waals surface area contributed by atoms with E-state index in [1.807, 2.05) is 12.4 Å². The van der Waals surface area contributed by atoms with Crippen molar-refractivity contribution >= 4 is 5.91 Å². The first kappa shape index (κ1) is 17.0. The number of piperidine rings is 2. The molecule has 1 amide bonds. The molecule has 138 valence electrons. The van der Waals surface area contributed by atoms with Crippen LogP contribution in [0.1, 0.15) is 44.3 Å². The molecular weight excluding hydrogens is 314 g/mol. The van der Waals surface area contributed by atoms with Crippen LogP contribution in [0.15, 0.2) is 12.4 Å². The van der Waals surface area contributed by atoms with Crippen LogP contribution in [-0.2, 0) is 18.4 Å². The first-order valence-electron chi connectivity index (χ1n) is 9.92. The molecule has 0 spiro atoms. The van der Waals surface area contributed by atoms with Crippen molar-refractivity contribution in [3.63, 3.8) is 0 Å². The number of carbonyl (C=O) groups is 1. The van der Waals surface area contributed by atoms with Gasteiger partial charge in [0, 0.05) is 51.2 Å². The van der Waals surface area contributed by atoms with Crippen molar-refractivity contribution in [2.45, 2.75) is 57.2 Å². The Morgan fingerprint density at radius 1 is 1.20 bits per heavy atom. The van der Waals surface area contributed by atoms with Gasteiger partial charge in [0.25, 0.3) is 0 Å². The van der Waals surface area contributed by atoms with E-state index in [0.717, 1.165) is 51.4 Å². The molecule has 2 aliphatic heterocycles. The lowest BCUT2D eigenvalue weighted by Gasteiger charge is -2.42. The summed E-state index contributed by atoms with van der Waals surface area (Å²) in [7, 11) is 2.07. The minimum absolute atomic E-state index is 0.208. The molecule has 0 unspecified atom stereocenters. The van der Waals surface area contributed by atoms with Gasteiger partial charge in [-0.15, -0.1) is 0 Å². The smallest absolute Gasteiger partial charge is 0.224 e. The average Bonchev–Trinajstić information content (AvgIpc) is 3.37. The van der Waals surface area contributed by atoms with Gasteiger partial charge in [0.2, 0.25) is 5.91 Å². The number of carbonyl (C=O) groups excluding carboxylic acids is 1. The van der Waals surface area contributed by atoms with Crippen molar-refractivity contribution in [1.82, 2.24) is 24.7 Å². The van der Waals surface area contributed by atoms with Crippen LogP contribution >= 0.6 is 0 Å². The first-order chi connectivity index (χ1) is 12.2. The number of aromatic nitrogens is 2. The highest BCUT2D eigenvalue weighted by Gasteiger charge is 2.33. The molecule has 3 fully saturated rings. The zero-order chi connectivity index (χ0) is 17.2. The van der Waals surface area contributed by atoms with Gasteiger partial charge in [0.1, 0.15) is 5.82 Å². The van der Waals surface area contributed by atoms with Gasteiger partial charge >= 0.3 is 0 Å². The van der Waals surface area contributed by atoms with Gasteiger partial charge < -0.3 is 9.88 Å². The molecule has 25 heavy (non-hydrogen) atoms. The van der Waals surface area contributed by atoms with Gasteiger partial charge in [-0.3, -0.25) is 14.6 Å². The highest BCUT2D eigenvalue weighted by molar-refractivity contribution is 5.79. The Kier molecular flexibility index (Phi) is 5.08. The summed E-state index contributed by atoms with van der Waals surface area (Å²) in [4.78, 5) is 21.9. The number of likely N-dealkylation sites (tertiary alicyclic amines) is 2. The molecule has 1 aromatic rings. The first-order valence-corrected chi connectivity index (χ1v) is 9.92. The van der Waals surface area contributed by atoms with E-state index in [9.17, 15) is 4.79 Å². The second kappa shape index (κ2) is 7.46. The minimum Gasteiger partial charge on any atom is -0.353 e. The summed E-state index contributed by atoms with van der Waals surface area (Å²) >= 11 is 0. The van der Waals surface area contributed by atoms with E-state index in [2.05, 4.69) is 31.7 Å². The number of amides is 1. The van der Waals surface area contributed by atoms with Crippen molar-refractivity contribution in [2.75, 3.05) is 26.2 Å². The lowest BCUT2D eigenvalue weighted by Crippen LogP contribution is -2.50. The van der Waals surface area contributed by atoms with Gasteiger partial charge in [0.15, 0.2) is 0 Å². The Balaban J connectivity index is 1.25. The average molecular weight is 345 g/mol. The van der Waals surface area contributed by atoms with E-state index in [1.165, 1.54) is 25.7 Å².